The van der Waals surface area contributed by atoms with Crippen LogP contribution < -0.4 is 5.32 Å². The van der Waals surface area contributed by atoms with Crippen molar-refractivity contribution in [1.29, 1.82) is 0 Å². The van der Waals surface area contributed by atoms with Gasteiger partial charge in [-0.25, -0.2) is 14.8 Å². The zero-order valence-corrected chi connectivity index (χ0v) is 15.0. The van der Waals surface area contributed by atoms with Crippen LogP contribution in [0.25, 0.3) is 0 Å². The highest BCUT2D eigenvalue weighted by Crippen LogP contribution is 2.25. The molecule has 0 saturated heterocycles. The van der Waals surface area contributed by atoms with Crippen LogP contribution in [-0.4, -0.2) is 34.7 Å². The first kappa shape index (κ1) is 17.4. The Morgan fingerprint density at radius 3 is 2.92 bits per heavy atom. The normalized spacial score (nSPS) is 12.6. The van der Waals surface area contributed by atoms with Crippen LogP contribution in [0.4, 0.5) is 5.69 Å². The van der Waals surface area contributed by atoms with Gasteiger partial charge in [0.15, 0.2) is 5.16 Å². The number of carbonyl (C=O) groups excluding carboxylic acids is 2. The molecule has 3 rings (SSSR count). The summed E-state index contributed by atoms with van der Waals surface area (Å²) in [6, 6.07) is 6.65. The van der Waals surface area contributed by atoms with E-state index >= 15 is 0 Å². The summed E-state index contributed by atoms with van der Waals surface area (Å²) in [6.45, 7) is 1.99. The number of aromatic nitrogens is 2. The molecule has 1 aromatic carbocycles. The standard InChI is InChI=1S/C18H19N3O3S/c1-11-14-7-4-8-15(14)21-18(19-11)25-10-16(22)20-13-6-3-5-12(9-13)17(23)24-2/h3,5-6,9H,4,7-8,10H2,1-2H3,(H,20,22). The maximum absolute atomic E-state index is 12.2. The molecule has 1 aliphatic rings. The second-order valence-electron chi connectivity index (χ2n) is 5.78. The average molecular weight is 357 g/mol. The molecule has 0 unspecified atom stereocenters. The minimum Gasteiger partial charge on any atom is -0.465 e. The van der Waals surface area contributed by atoms with Crippen LogP contribution in [0.1, 0.15) is 33.7 Å². The third kappa shape index (κ3) is 4.17. The van der Waals surface area contributed by atoms with Gasteiger partial charge >= 0.3 is 5.97 Å². The Morgan fingerprint density at radius 1 is 1.28 bits per heavy atom. The highest BCUT2D eigenvalue weighted by molar-refractivity contribution is 7.99. The van der Waals surface area contributed by atoms with Crippen LogP contribution in [-0.2, 0) is 22.4 Å². The first-order chi connectivity index (χ1) is 12.1. The average Bonchev–Trinajstić information content (AvgIpc) is 3.08. The number of anilines is 1. The predicted molar refractivity (Wildman–Crippen MR) is 95.9 cm³/mol. The fourth-order valence-electron chi connectivity index (χ4n) is 2.83. The molecule has 25 heavy (non-hydrogen) atoms. The van der Waals surface area contributed by atoms with Crippen molar-refractivity contribution < 1.29 is 14.3 Å². The van der Waals surface area contributed by atoms with Crippen LogP contribution in [0, 0.1) is 6.92 Å². The number of hydrogen-bond acceptors (Lipinski definition) is 6. The topological polar surface area (TPSA) is 81.2 Å². The number of benzene rings is 1. The molecule has 2 aromatic rings. The lowest BCUT2D eigenvalue weighted by atomic mass is 10.2. The van der Waals surface area contributed by atoms with Crippen molar-refractivity contribution in [1.82, 2.24) is 9.97 Å². The van der Waals surface area contributed by atoms with Crippen molar-refractivity contribution in [3.63, 3.8) is 0 Å². The van der Waals surface area contributed by atoms with E-state index in [-0.39, 0.29) is 11.7 Å². The SMILES string of the molecule is COC(=O)c1cccc(NC(=O)CSc2nc(C)c3c(n2)CCC3)c1. The molecule has 0 saturated carbocycles. The molecule has 0 bridgehead atoms. The van der Waals surface area contributed by atoms with Gasteiger partial charge in [-0.1, -0.05) is 17.8 Å². The summed E-state index contributed by atoms with van der Waals surface area (Å²) in [7, 11) is 1.32. The predicted octanol–water partition coefficient (Wildman–Crippen LogP) is 2.79. The van der Waals surface area contributed by atoms with Crippen LogP contribution >= 0.6 is 11.8 Å². The number of esters is 1. The molecular formula is C18H19N3O3S. The van der Waals surface area contributed by atoms with Crippen LogP contribution in [0.3, 0.4) is 0 Å². The highest BCUT2D eigenvalue weighted by Gasteiger charge is 2.17. The molecule has 1 aliphatic carbocycles. The first-order valence-electron chi connectivity index (χ1n) is 8.04. The molecule has 6 nitrogen and oxygen atoms in total. The Kier molecular flexibility index (Phi) is 5.33. The maximum atomic E-state index is 12.2. The van der Waals surface area contributed by atoms with Crippen molar-refractivity contribution in [2.75, 3.05) is 18.2 Å². The molecule has 1 amide bonds. The van der Waals surface area contributed by atoms with E-state index in [1.54, 1.807) is 24.3 Å². The fourth-order valence-corrected chi connectivity index (χ4v) is 3.53. The van der Waals surface area contributed by atoms with Crippen molar-refractivity contribution in [3.05, 3.63) is 46.8 Å². The smallest absolute Gasteiger partial charge is 0.337 e. The number of rotatable bonds is 5. The third-order valence-corrected chi connectivity index (χ3v) is 4.87. The number of nitrogens with zero attached hydrogens (tertiary/aromatic N) is 2. The van der Waals surface area contributed by atoms with Crippen molar-refractivity contribution in [3.8, 4) is 0 Å². The Labute approximate surface area is 150 Å². The molecule has 130 valence electrons. The van der Waals surface area contributed by atoms with Gasteiger partial charge in [-0.15, -0.1) is 0 Å². The molecule has 0 fully saturated rings. The Bertz CT molecular complexity index is 823. The minimum atomic E-state index is -0.438. The van der Waals surface area contributed by atoms with E-state index in [9.17, 15) is 9.59 Å². The van der Waals surface area contributed by atoms with Crippen LogP contribution in [0.15, 0.2) is 29.4 Å². The van der Waals surface area contributed by atoms with Gasteiger partial charge in [-0.2, -0.15) is 0 Å². The number of methoxy groups -OCH3 is 1. The number of carbonyl (C=O) groups is 2. The van der Waals surface area contributed by atoms with Gasteiger partial charge in [0, 0.05) is 17.1 Å². The summed E-state index contributed by atoms with van der Waals surface area (Å²) < 4.78 is 4.68. The summed E-state index contributed by atoms with van der Waals surface area (Å²) in [6.07, 6.45) is 3.15. The summed E-state index contributed by atoms with van der Waals surface area (Å²) >= 11 is 1.32. The number of fused-ring (bicyclic) bond motifs is 1. The van der Waals surface area contributed by atoms with Crippen molar-refractivity contribution in [2.45, 2.75) is 31.3 Å². The summed E-state index contributed by atoms with van der Waals surface area (Å²) in [5.41, 5.74) is 4.33. The largest absolute Gasteiger partial charge is 0.465 e. The van der Waals surface area contributed by atoms with Gasteiger partial charge < -0.3 is 10.1 Å². The van der Waals surface area contributed by atoms with Crippen LogP contribution in [0.5, 0.6) is 0 Å². The van der Waals surface area contributed by atoms with Crippen LogP contribution in [0.2, 0.25) is 0 Å². The third-order valence-electron chi connectivity index (χ3n) is 4.02. The van der Waals surface area contributed by atoms with Gasteiger partial charge in [0.1, 0.15) is 0 Å². The maximum Gasteiger partial charge on any atom is 0.337 e. The molecular weight excluding hydrogens is 338 g/mol. The van der Waals surface area contributed by atoms with Gasteiger partial charge in [-0.3, -0.25) is 4.79 Å². The van der Waals surface area contributed by atoms with E-state index in [1.165, 1.54) is 24.4 Å². The lowest BCUT2D eigenvalue weighted by Crippen LogP contribution is -2.15. The Morgan fingerprint density at radius 2 is 2.12 bits per heavy atom. The number of hydrogen-bond donors (Lipinski definition) is 1. The molecule has 0 radical (unpaired) electrons. The summed E-state index contributed by atoms with van der Waals surface area (Å²) in [5, 5.41) is 3.41. The van der Waals surface area contributed by atoms with Crippen molar-refractivity contribution in [2.24, 2.45) is 0 Å². The zero-order chi connectivity index (χ0) is 17.8. The van der Waals surface area contributed by atoms with E-state index in [1.807, 2.05) is 6.92 Å². The zero-order valence-electron chi connectivity index (χ0n) is 14.2. The summed E-state index contributed by atoms with van der Waals surface area (Å²) in [4.78, 5) is 32.7. The van der Waals surface area contributed by atoms with Gasteiger partial charge in [0.05, 0.1) is 18.4 Å². The molecule has 1 heterocycles. The number of nitrogens with one attached hydrogen (secondary N) is 1. The molecule has 7 heteroatoms. The lowest BCUT2D eigenvalue weighted by molar-refractivity contribution is -0.113. The number of amides is 1. The van der Waals surface area contributed by atoms with E-state index in [4.69, 9.17) is 0 Å². The number of thioether (sulfide) groups is 1. The highest BCUT2D eigenvalue weighted by atomic mass is 32.2. The molecule has 1 N–H and O–H groups in total. The van der Waals surface area contributed by atoms with Gasteiger partial charge in [0.2, 0.25) is 5.91 Å². The molecule has 1 aromatic heterocycles. The van der Waals surface area contributed by atoms with Gasteiger partial charge in [-0.05, 0) is 49.9 Å². The Balaban J connectivity index is 1.60. The second kappa shape index (κ2) is 7.65. The molecule has 0 spiro atoms. The summed E-state index contributed by atoms with van der Waals surface area (Å²) in [5.74, 6) is -0.401. The van der Waals surface area contributed by atoms with E-state index in [0.29, 0.717) is 16.4 Å². The second-order valence-corrected chi connectivity index (χ2v) is 6.72. The minimum absolute atomic E-state index is 0.172. The number of ether oxygens (including phenoxy) is 1. The lowest BCUT2D eigenvalue weighted by Gasteiger charge is -2.08. The fraction of sp³-hybridized carbons (Fsp3) is 0.333. The molecule has 0 atom stereocenters. The number of aryl methyl sites for hydroxylation is 2. The van der Waals surface area contributed by atoms with E-state index in [2.05, 4.69) is 20.0 Å². The van der Waals surface area contributed by atoms with Crippen molar-refractivity contribution >= 4 is 29.3 Å². The van der Waals surface area contributed by atoms with E-state index in [0.717, 1.165) is 30.7 Å². The Hall–Kier alpha value is -2.41. The van der Waals surface area contributed by atoms with E-state index < -0.39 is 5.97 Å². The quantitative estimate of drug-likeness (QED) is 0.503. The molecule has 0 aliphatic heterocycles. The monoisotopic (exact) mass is 357 g/mol. The van der Waals surface area contributed by atoms with Gasteiger partial charge in [0.25, 0.3) is 0 Å². The first-order valence-corrected chi connectivity index (χ1v) is 9.03.